The van der Waals surface area contributed by atoms with E-state index in [1.165, 1.54) is 0 Å². The Labute approximate surface area is 104 Å². The number of nitrogens with one attached hydrogen (secondary N) is 1. The minimum absolute atomic E-state index is 0.263. The summed E-state index contributed by atoms with van der Waals surface area (Å²) in [5, 5.41) is 22.5. The lowest BCUT2D eigenvalue weighted by Gasteiger charge is -2.12. The van der Waals surface area contributed by atoms with Crippen molar-refractivity contribution in [2.45, 2.75) is 18.9 Å². The molecule has 3 N–H and O–H groups in total. The Bertz CT molecular complexity index is 572. The number of rotatable bonds is 2. The topological polar surface area (TPSA) is 78.3 Å². The highest BCUT2D eigenvalue weighted by Crippen LogP contribution is 2.36. The first kappa shape index (κ1) is 11.0. The van der Waals surface area contributed by atoms with E-state index in [4.69, 9.17) is 0 Å². The largest absolute Gasteiger partial charge is 0.479 e. The number of aliphatic hydroxyl groups is 1. The third-order valence-electron chi connectivity index (χ3n) is 3.04. The van der Waals surface area contributed by atoms with Gasteiger partial charge in [-0.1, -0.05) is 18.2 Å². The van der Waals surface area contributed by atoms with Crippen LogP contribution < -0.4 is 5.32 Å². The number of aromatic nitrogens is 2. The summed E-state index contributed by atoms with van der Waals surface area (Å²) in [5.41, 5.74) is 2.27. The molecule has 1 aliphatic carbocycles. The van der Waals surface area contributed by atoms with Crippen molar-refractivity contribution in [1.82, 2.24) is 9.97 Å². The zero-order chi connectivity index (χ0) is 12.5. The van der Waals surface area contributed by atoms with Crippen molar-refractivity contribution in [2.24, 2.45) is 0 Å². The van der Waals surface area contributed by atoms with Crippen LogP contribution in [0.3, 0.4) is 0 Å². The van der Waals surface area contributed by atoms with Gasteiger partial charge in [0, 0.05) is 11.3 Å². The van der Waals surface area contributed by atoms with Gasteiger partial charge >= 0.3 is 6.01 Å². The third kappa shape index (κ3) is 1.89. The number of aromatic hydroxyl groups is 1. The van der Waals surface area contributed by atoms with Crippen LogP contribution >= 0.6 is 0 Å². The minimum atomic E-state index is -0.563. The molecule has 0 radical (unpaired) electrons. The summed E-state index contributed by atoms with van der Waals surface area (Å²) in [7, 11) is 0. The van der Waals surface area contributed by atoms with Crippen LogP contribution in [0.15, 0.2) is 30.3 Å². The Balaban J connectivity index is 2.02. The van der Waals surface area contributed by atoms with Gasteiger partial charge < -0.3 is 15.5 Å². The van der Waals surface area contributed by atoms with Crippen molar-refractivity contribution in [1.29, 1.82) is 0 Å². The number of para-hydroxylation sites is 1. The van der Waals surface area contributed by atoms with E-state index in [1.807, 2.05) is 30.3 Å². The Morgan fingerprint density at radius 2 is 1.94 bits per heavy atom. The smallest absolute Gasteiger partial charge is 0.316 e. The molecule has 5 nitrogen and oxygen atoms in total. The molecule has 1 unspecified atom stereocenters. The molecule has 3 rings (SSSR count). The van der Waals surface area contributed by atoms with E-state index >= 15 is 0 Å². The number of aryl methyl sites for hydroxylation is 1. The summed E-state index contributed by atoms with van der Waals surface area (Å²) in [4.78, 5) is 7.91. The first-order chi connectivity index (χ1) is 8.74. The Hall–Kier alpha value is -2.14. The standard InChI is InChI=1S/C13H13N3O2/c17-10-7-6-9-11(10)12(16-13(18)15-9)14-8-4-2-1-3-5-8/h1-5,10,17H,6-7H2,(H2,14,15,16,18). The maximum Gasteiger partial charge on any atom is 0.316 e. The number of hydrogen-bond acceptors (Lipinski definition) is 5. The molecule has 1 aromatic heterocycles. The second-order valence-corrected chi connectivity index (χ2v) is 4.28. The van der Waals surface area contributed by atoms with Crippen molar-refractivity contribution in [2.75, 3.05) is 5.32 Å². The summed E-state index contributed by atoms with van der Waals surface area (Å²) in [6, 6.07) is 9.25. The van der Waals surface area contributed by atoms with Crippen molar-refractivity contribution in [3.05, 3.63) is 41.6 Å². The van der Waals surface area contributed by atoms with Gasteiger partial charge in [-0.2, -0.15) is 9.97 Å². The van der Waals surface area contributed by atoms with Gasteiger partial charge in [0.2, 0.25) is 0 Å². The number of benzene rings is 1. The van der Waals surface area contributed by atoms with Crippen LogP contribution in [0.4, 0.5) is 11.5 Å². The highest BCUT2D eigenvalue weighted by molar-refractivity contribution is 5.61. The second kappa shape index (κ2) is 4.27. The van der Waals surface area contributed by atoms with Gasteiger partial charge in [-0.25, -0.2) is 0 Å². The first-order valence-corrected chi connectivity index (χ1v) is 5.84. The van der Waals surface area contributed by atoms with Crippen LogP contribution in [0.1, 0.15) is 23.8 Å². The van der Waals surface area contributed by atoms with E-state index in [-0.39, 0.29) is 6.01 Å². The van der Waals surface area contributed by atoms with E-state index < -0.39 is 6.10 Å². The van der Waals surface area contributed by atoms with Crippen molar-refractivity contribution in [3.63, 3.8) is 0 Å². The van der Waals surface area contributed by atoms with Gasteiger partial charge in [-0.3, -0.25) is 0 Å². The van der Waals surface area contributed by atoms with Crippen LogP contribution in [-0.2, 0) is 6.42 Å². The Morgan fingerprint density at radius 3 is 2.72 bits per heavy atom. The quantitative estimate of drug-likeness (QED) is 0.751. The molecule has 0 saturated carbocycles. The molecular weight excluding hydrogens is 230 g/mol. The zero-order valence-corrected chi connectivity index (χ0v) is 9.67. The predicted molar refractivity (Wildman–Crippen MR) is 66.7 cm³/mol. The second-order valence-electron chi connectivity index (χ2n) is 4.28. The lowest BCUT2D eigenvalue weighted by Crippen LogP contribution is -2.03. The molecule has 0 bridgehead atoms. The molecular formula is C13H13N3O2. The van der Waals surface area contributed by atoms with Gasteiger partial charge in [0.05, 0.1) is 11.8 Å². The number of hydrogen-bond donors (Lipinski definition) is 3. The van der Waals surface area contributed by atoms with Gasteiger partial charge in [-0.05, 0) is 25.0 Å². The Kier molecular flexibility index (Phi) is 2.60. The fraction of sp³-hybridized carbons (Fsp3) is 0.231. The normalized spacial score (nSPS) is 17.5. The fourth-order valence-corrected chi connectivity index (χ4v) is 2.21. The number of fused-ring (bicyclic) bond motifs is 1. The van der Waals surface area contributed by atoms with Gasteiger partial charge in [-0.15, -0.1) is 0 Å². The molecule has 5 heteroatoms. The lowest BCUT2D eigenvalue weighted by molar-refractivity contribution is 0.180. The molecule has 1 aromatic carbocycles. The van der Waals surface area contributed by atoms with Crippen LogP contribution in [0.25, 0.3) is 0 Å². The van der Waals surface area contributed by atoms with Crippen molar-refractivity contribution >= 4 is 11.5 Å². The highest BCUT2D eigenvalue weighted by Gasteiger charge is 2.27. The number of anilines is 2. The summed E-state index contributed by atoms with van der Waals surface area (Å²) < 4.78 is 0. The monoisotopic (exact) mass is 243 g/mol. The van der Waals surface area contributed by atoms with Crippen LogP contribution in [0.2, 0.25) is 0 Å². The van der Waals surface area contributed by atoms with Crippen LogP contribution in [0.5, 0.6) is 6.01 Å². The fourth-order valence-electron chi connectivity index (χ4n) is 2.21. The lowest BCUT2D eigenvalue weighted by atomic mass is 10.2. The zero-order valence-electron chi connectivity index (χ0n) is 9.67. The Morgan fingerprint density at radius 1 is 1.17 bits per heavy atom. The van der Waals surface area contributed by atoms with E-state index in [2.05, 4.69) is 15.3 Å². The van der Waals surface area contributed by atoms with E-state index in [0.29, 0.717) is 29.9 Å². The average molecular weight is 243 g/mol. The highest BCUT2D eigenvalue weighted by atomic mass is 16.3. The molecule has 0 spiro atoms. The van der Waals surface area contributed by atoms with E-state index in [1.54, 1.807) is 0 Å². The minimum Gasteiger partial charge on any atom is -0.479 e. The SMILES string of the molecule is Oc1nc2c(c(Nc3ccccc3)n1)C(O)CC2. The number of aliphatic hydroxyl groups excluding tert-OH is 1. The molecule has 0 amide bonds. The summed E-state index contributed by atoms with van der Waals surface area (Å²) in [6.45, 7) is 0. The van der Waals surface area contributed by atoms with Crippen LogP contribution in [0, 0.1) is 0 Å². The molecule has 2 aromatic rings. The molecule has 1 atom stereocenters. The maximum atomic E-state index is 9.93. The van der Waals surface area contributed by atoms with E-state index in [9.17, 15) is 10.2 Å². The molecule has 0 aliphatic heterocycles. The molecule has 1 aliphatic rings. The van der Waals surface area contributed by atoms with Crippen LogP contribution in [-0.4, -0.2) is 20.2 Å². The predicted octanol–water partition coefficient (Wildman–Crippen LogP) is 1.91. The van der Waals surface area contributed by atoms with E-state index in [0.717, 1.165) is 5.69 Å². The molecule has 0 saturated heterocycles. The van der Waals surface area contributed by atoms with Gasteiger partial charge in [0.25, 0.3) is 0 Å². The van der Waals surface area contributed by atoms with Gasteiger partial charge in [0.1, 0.15) is 5.82 Å². The first-order valence-electron chi connectivity index (χ1n) is 5.84. The molecule has 0 fully saturated rings. The molecule has 1 heterocycles. The van der Waals surface area contributed by atoms with Gasteiger partial charge in [0.15, 0.2) is 0 Å². The molecule has 18 heavy (non-hydrogen) atoms. The number of nitrogens with zero attached hydrogens (tertiary/aromatic N) is 2. The summed E-state index contributed by atoms with van der Waals surface area (Å²) in [6.07, 6.45) is 0.722. The van der Waals surface area contributed by atoms with Crippen molar-refractivity contribution < 1.29 is 10.2 Å². The van der Waals surface area contributed by atoms with Crippen molar-refractivity contribution in [3.8, 4) is 6.01 Å². The molecule has 92 valence electrons. The summed E-state index contributed by atoms with van der Waals surface area (Å²) >= 11 is 0. The maximum absolute atomic E-state index is 9.93. The average Bonchev–Trinajstić information content (AvgIpc) is 2.72. The third-order valence-corrected chi connectivity index (χ3v) is 3.04. The summed E-state index contributed by atoms with van der Waals surface area (Å²) in [5.74, 6) is 0.480.